The molecule has 0 radical (unpaired) electrons. The number of carbonyl (C=O) groups excluding carboxylic acids is 1. The Hall–Kier alpha value is -2.33. The lowest BCUT2D eigenvalue weighted by Gasteiger charge is -2.32. The number of benzene rings is 1. The van der Waals surface area contributed by atoms with E-state index in [1.165, 1.54) is 27.8 Å². The number of aromatic nitrogens is 2. The van der Waals surface area contributed by atoms with E-state index in [1.54, 1.807) is 11.8 Å². The molecule has 0 saturated carbocycles. The van der Waals surface area contributed by atoms with Gasteiger partial charge in [-0.05, 0) is 30.7 Å². The number of piperidine rings is 1. The number of anilines is 2. The summed E-state index contributed by atoms with van der Waals surface area (Å²) in [6.45, 7) is 3.88. The van der Waals surface area contributed by atoms with Crippen molar-refractivity contribution in [2.24, 2.45) is 5.92 Å². The molecular formula is C20H26N6O6S3. The molecule has 1 aromatic carbocycles. The highest BCUT2D eigenvalue weighted by atomic mass is 32.2. The van der Waals surface area contributed by atoms with Gasteiger partial charge < -0.3 is 15.0 Å². The van der Waals surface area contributed by atoms with Gasteiger partial charge in [0.25, 0.3) is 5.69 Å². The highest BCUT2D eigenvalue weighted by molar-refractivity contribution is 8.01. The lowest BCUT2D eigenvalue weighted by Crippen LogP contribution is -2.40. The Kier molecular flexibility index (Phi) is 8.21. The van der Waals surface area contributed by atoms with Crippen LogP contribution in [0.2, 0.25) is 0 Å². The van der Waals surface area contributed by atoms with Crippen molar-refractivity contribution >= 4 is 55.5 Å². The first-order valence-corrected chi connectivity index (χ1v) is 14.4. The maximum Gasteiger partial charge on any atom is 0.293 e. The average molecular weight is 543 g/mol. The van der Waals surface area contributed by atoms with Gasteiger partial charge in [-0.25, -0.2) is 8.42 Å². The summed E-state index contributed by atoms with van der Waals surface area (Å²) in [4.78, 5) is 25.6. The number of hydrogen-bond donors (Lipinski definition) is 1. The zero-order chi connectivity index (χ0) is 25.0. The summed E-state index contributed by atoms with van der Waals surface area (Å²) < 4.78 is 33.1. The smallest absolute Gasteiger partial charge is 0.293 e. The van der Waals surface area contributed by atoms with E-state index in [2.05, 4.69) is 15.5 Å². The molecule has 0 aliphatic carbocycles. The standard InChI is InChI=1S/C20H26N6O6S3/c1-2-33-20-23-22-19(34-20)21-18(27)14-5-7-24(8-6-14)16-4-3-15(13-17(16)26(28)29)35(30,31)25-9-11-32-12-10-25/h3-4,13-14H,2,5-12H2,1H3,(H,21,22,27). The summed E-state index contributed by atoms with van der Waals surface area (Å²) in [5.74, 6) is 0.473. The highest BCUT2D eigenvalue weighted by Crippen LogP contribution is 2.35. The lowest BCUT2D eigenvalue weighted by molar-refractivity contribution is -0.384. The van der Waals surface area contributed by atoms with E-state index >= 15 is 0 Å². The first kappa shape index (κ1) is 25.8. The fourth-order valence-electron chi connectivity index (χ4n) is 4.05. The first-order chi connectivity index (χ1) is 16.8. The number of sulfonamides is 1. The second kappa shape index (κ2) is 11.2. The molecule has 2 saturated heterocycles. The monoisotopic (exact) mass is 542 g/mol. The number of amides is 1. The van der Waals surface area contributed by atoms with Gasteiger partial charge in [0.15, 0.2) is 4.34 Å². The molecule has 2 fully saturated rings. The van der Waals surface area contributed by atoms with E-state index in [4.69, 9.17) is 4.74 Å². The SMILES string of the molecule is CCSc1nnc(NC(=O)C2CCN(c3ccc(S(=O)(=O)N4CCOCC4)cc3[N+](=O)[O-])CC2)s1. The van der Waals surface area contributed by atoms with Crippen molar-refractivity contribution in [2.45, 2.75) is 29.0 Å². The molecule has 1 amide bonds. The Morgan fingerprint density at radius 2 is 1.97 bits per heavy atom. The van der Waals surface area contributed by atoms with Gasteiger partial charge in [-0.2, -0.15) is 4.31 Å². The fraction of sp³-hybridized carbons (Fsp3) is 0.550. The molecule has 0 unspecified atom stereocenters. The molecule has 0 spiro atoms. The summed E-state index contributed by atoms with van der Waals surface area (Å²) in [5.41, 5.74) is 0.0807. The molecule has 2 aromatic rings. The molecule has 0 bridgehead atoms. The van der Waals surface area contributed by atoms with Crippen molar-refractivity contribution in [1.29, 1.82) is 0 Å². The Bertz CT molecular complexity index is 1180. The van der Waals surface area contributed by atoms with Crippen LogP contribution in [0.5, 0.6) is 0 Å². The van der Waals surface area contributed by atoms with Gasteiger partial charge in [0.2, 0.25) is 21.1 Å². The molecule has 2 aliphatic rings. The van der Waals surface area contributed by atoms with Crippen LogP contribution in [0.1, 0.15) is 19.8 Å². The Balaban J connectivity index is 1.43. The molecule has 1 N–H and O–H groups in total. The van der Waals surface area contributed by atoms with Gasteiger partial charge >= 0.3 is 0 Å². The van der Waals surface area contributed by atoms with Crippen LogP contribution in [0.15, 0.2) is 27.4 Å². The number of morpholine rings is 1. The van der Waals surface area contributed by atoms with E-state index in [9.17, 15) is 23.3 Å². The number of nitrogens with zero attached hydrogens (tertiary/aromatic N) is 5. The van der Waals surface area contributed by atoms with Crippen LogP contribution in [-0.2, 0) is 19.6 Å². The normalized spacial score (nSPS) is 17.9. The van der Waals surface area contributed by atoms with Crippen molar-refractivity contribution in [3.8, 4) is 0 Å². The Morgan fingerprint density at radius 3 is 2.63 bits per heavy atom. The van der Waals surface area contributed by atoms with Crippen molar-refractivity contribution in [3.05, 3.63) is 28.3 Å². The van der Waals surface area contributed by atoms with Crippen LogP contribution in [0.3, 0.4) is 0 Å². The second-order valence-corrected chi connectivity index (χ2v) is 12.4. The van der Waals surface area contributed by atoms with Gasteiger partial charge in [0.05, 0.1) is 23.0 Å². The number of nitro benzene ring substituents is 1. The summed E-state index contributed by atoms with van der Waals surface area (Å²) in [6.07, 6.45) is 1.01. The Morgan fingerprint density at radius 1 is 1.26 bits per heavy atom. The average Bonchev–Trinajstić information content (AvgIpc) is 3.31. The number of thioether (sulfide) groups is 1. The van der Waals surface area contributed by atoms with Crippen LogP contribution in [0.4, 0.5) is 16.5 Å². The van der Waals surface area contributed by atoms with Crippen LogP contribution in [0.25, 0.3) is 0 Å². The van der Waals surface area contributed by atoms with Crippen LogP contribution >= 0.6 is 23.1 Å². The quantitative estimate of drug-likeness (QED) is 0.228. The van der Waals surface area contributed by atoms with Crippen molar-refractivity contribution in [2.75, 3.05) is 55.4 Å². The fourth-order valence-corrected chi connectivity index (χ4v) is 7.13. The first-order valence-electron chi connectivity index (χ1n) is 11.2. The van der Waals surface area contributed by atoms with Crippen molar-refractivity contribution in [1.82, 2.24) is 14.5 Å². The van der Waals surface area contributed by atoms with Crippen LogP contribution < -0.4 is 10.2 Å². The zero-order valence-corrected chi connectivity index (χ0v) is 21.5. The van der Waals surface area contributed by atoms with E-state index < -0.39 is 14.9 Å². The molecule has 1 aromatic heterocycles. The predicted molar refractivity (Wildman–Crippen MR) is 133 cm³/mol. The zero-order valence-electron chi connectivity index (χ0n) is 19.1. The summed E-state index contributed by atoms with van der Waals surface area (Å²) in [5, 5.41) is 23.1. The van der Waals surface area contributed by atoms with Gasteiger partial charge in [-0.15, -0.1) is 10.2 Å². The minimum Gasteiger partial charge on any atom is -0.379 e. The van der Waals surface area contributed by atoms with Crippen molar-refractivity contribution in [3.63, 3.8) is 0 Å². The van der Waals surface area contributed by atoms with E-state index in [1.807, 2.05) is 11.8 Å². The summed E-state index contributed by atoms with van der Waals surface area (Å²) in [6, 6.07) is 4.02. The lowest BCUT2D eigenvalue weighted by atomic mass is 9.95. The number of hydrogen-bond acceptors (Lipinski definition) is 11. The number of ether oxygens (including phenoxy) is 1. The second-order valence-electron chi connectivity index (χ2n) is 7.98. The topological polar surface area (TPSA) is 148 Å². The van der Waals surface area contributed by atoms with E-state index in [0.29, 0.717) is 50.0 Å². The molecule has 3 heterocycles. The van der Waals surface area contributed by atoms with Gasteiger partial charge in [0.1, 0.15) is 5.69 Å². The maximum atomic E-state index is 12.9. The van der Waals surface area contributed by atoms with E-state index in [-0.39, 0.29) is 35.5 Å². The van der Waals surface area contributed by atoms with Crippen molar-refractivity contribution < 1.29 is 22.9 Å². The number of rotatable bonds is 8. The largest absolute Gasteiger partial charge is 0.379 e. The third-order valence-electron chi connectivity index (χ3n) is 5.86. The summed E-state index contributed by atoms with van der Waals surface area (Å²) >= 11 is 2.89. The maximum absolute atomic E-state index is 12.9. The molecule has 2 aliphatic heterocycles. The van der Waals surface area contributed by atoms with Crippen LogP contribution in [-0.4, -0.2) is 78.9 Å². The third kappa shape index (κ3) is 5.91. The molecule has 15 heteroatoms. The molecule has 12 nitrogen and oxygen atoms in total. The molecule has 35 heavy (non-hydrogen) atoms. The number of nitrogens with one attached hydrogen (secondary N) is 1. The third-order valence-corrected chi connectivity index (χ3v) is 9.61. The van der Waals surface area contributed by atoms with E-state index in [0.717, 1.165) is 16.2 Å². The minimum atomic E-state index is -3.85. The highest BCUT2D eigenvalue weighted by Gasteiger charge is 2.32. The van der Waals surface area contributed by atoms with Gasteiger partial charge in [0, 0.05) is 38.2 Å². The molecule has 0 atom stereocenters. The minimum absolute atomic E-state index is 0.109. The van der Waals surface area contributed by atoms with Gasteiger partial charge in [-0.3, -0.25) is 14.9 Å². The van der Waals surface area contributed by atoms with Crippen LogP contribution in [0, 0.1) is 16.0 Å². The molecular weight excluding hydrogens is 516 g/mol. The summed E-state index contributed by atoms with van der Waals surface area (Å²) in [7, 11) is -3.85. The molecule has 4 rings (SSSR count). The predicted octanol–water partition coefficient (Wildman–Crippen LogP) is 2.43. The molecule has 190 valence electrons. The number of carbonyl (C=O) groups is 1. The van der Waals surface area contributed by atoms with Gasteiger partial charge in [-0.1, -0.05) is 30.0 Å². The number of nitro groups is 1. The Labute approximate surface area is 211 Å².